The minimum absolute atomic E-state index is 0.0936. The predicted molar refractivity (Wildman–Crippen MR) is 75.1 cm³/mol. The van der Waals surface area contributed by atoms with E-state index in [9.17, 15) is 0 Å². The Kier molecular flexibility index (Phi) is 4.47. The Bertz CT molecular complexity index is 497. The van der Waals surface area contributed by atoms with Crippen LogP contribution < -0.4 is 10.5 Å². The zero-order valence-electron chi connectivity index (χ0n) is 11.3. The SMILES string of the molecule is CC(C)Oc1ccc(C(CN)c2ccncn2)cc1. The monoisotopic (exact) mass is 257 g/mol. The second-order valence-electron chi connectivity index (χ2n) is 4.66. The summed E-state index contributed by atoms with van der Waals surface area (Å²) < 4.78 is 5.63. The van der Waals surface area contributed by atoms with E-state index in [-0.39, 0.29) is 12.0 Å². The number of ether oxygens (including phenoxy) is 1. The zero-order valence-corrected chi connectivity index (χ0v) is 11.3. The van der Waals surface area contributed by atoms with Gasteiger partial charge in [0.15, 0.2) is 0 Å². The van der Waals surface area contributed by atoms with Gasteiger partial charge in [-0.3, -0.25) is 0 Å². The van der Waals surface area contributed by atoms with E-state index in [1.54, 1.807) is 12.5 Å². The minimum Gasteiger partial charge on any atom is -0.491 e. The molecule has 0 fully saturated rings. The minimum atomic E-state index is 0.0936. The van der Waals surface area contributed by atoms with Crippen LogP contribution in [0.25, 0.3) is 0 Å². The highest BCUT2D eigenvalue weighted by Gasteiger charge is 2.13. The Morgan fingerprint density at radius 2 is 1.89 bits per heavy atom. The Morgan fingerprint density at radius 3 is 2.42 bits per heavy atom. The Labute approximate surface area is 113 Å². The van der Waals surface area contributed by atoms with Crippen LogP contribution >= 0.6 is 0 Å². The van der Waals surface area contributed by atoms with Gasteiger partial charge in [-0.1, -0.05) is 12.1 Å². The maximum Gasteiger partial charge on any atom is 0.119 e. The molecule has 1 aromatic heterocycles. The lowest BCUT2D eigenvalue weighted by atomic mass is 9.95. The number of nitrogens with zero attached hydrogens (tertiary/aromatic N) is 2. The van der Waals surface area contributed by atoms with Crippen molar-refractivity contribution in [3.8, 4) is 5.75 Å². The maximum atomic E-state index is 5.86. The van der Waals surface area contributed by atoms with Crippen LogP contribution in [0.4, 0.5) is 0 Å². The first-order valence-electron chi connectivity index (χ1n) is 6.43. The van der Waals surface area contributed by atoms with Crippen molar-refractivity contribution in [2.75, 3.05) is 6.54 Å². The van der Waals surface area contributed by atoms with Gasteiger partial charge in [-0.05, 0) is 37.6 Å². The molecule has 1 aromatic carbocycles. The zero-order chi connectivity index (χ0) is 13.7. The summed E-state index contributed by atoms with van der Waals surface area (Å²) in [5.74, 6) is 0.966. The molecule has 1 unspecified atom stereocenters. The highest BCUT2D eigenvalue weighted by atomic mass is 16.5. The number of nitrogens with two attached hydrogens (primary N) is 1. The van der Waals surface area contributed by atoms with E-state index in [0.29, 0.717) is 6.54 Å². The molecule has 0 radical (unpaired) electrons. The van der Waals surface area contributed by atoms with Crippen molar-refractivity contribution < 1.29 is 4.74 Å². The summed E-state index contributed by atoms with van der Waals surface area (Å²) in [6.45, 7) is 4.54. The molecule has 0 saturated carbocycles. The van der Waals surface area contributed by atoms with Crippen molar-refractivity contribution in [3.05, 3.63) is 54.1 Å². The summed E-state index contributed by atoms with van der Waals surface area (Å²) in [4.78, 5) is 8.21. The number of aromatic nitrogens is 2. The fourth-order valence-corrected chi connectivity index (χ4v) is 1.99. The van der Waals surface area contributed by atoms with Crippen LogP contribution in [0.3, 0.4) is 0 Å². The third-order valence-corrected chi connectivity index (χ3v) is 2.85. The lowest BCUT2D eigenvalue weighted by molar-refractivity contribution is 0.242. The normalized spacial score (nSPS) is 12.4. The standard InChI is InChI=1S/C15H19N3O/c1-11(2)19-13-5-3-12(4-6-13)14(9-16)15-7-8-17-10-18-15/h3-8,10-11,14H,9,16H2,1-2H3. The summed E-state index contributed by atoms with van der Waals surface area (Å²) in [5, 5.41) is 0. The molecule has 0 aliphatic rings. The highest BCUT2D eigenvalue weighted by Crippen LogP contribution is 2.24. The van der Waals surface area contributed by atoms with Crippen LogP contribution in [0.5, 0.6) is 5.75 Å². The molecule has 0 aliphatic heterocycles. The van der Waals surface area contributed by atoms with Gasteiger partial charge in [0.25, 0.3) is 0 Å². The van der Waals surface area contributed by atoms with E-state index in [4.69, 9.17) is 10.5 Å². The van der Waals surface area contributed by atoms with E-state index in [2.05, 4.69) is 9.97 Å². The second kappa shape index (κ2) is 6.29. The van der Waals surface area contributed by atoms with Gasteiger partial charge in [0, 0.05) is 18.7 Å². The molecule has 100 valence electrons. The summed E-state index contributed by atoms with van der Waals surface area (Å²) in [6, 6.07) is 9.92. The average molecular weight is 257 g/mol. The third kappa shape index (κ3) is 3.51. The second-order valence-corrected chi connectivity index (χ2v) is 4.66. The van der Waals surface area contributed by atoms with E-state index in [1.807, 2.05) is 44.2 Å². The molecule has 0 spiro atoms. The maximum absolute atomic E-state index is 5.86. The molecule has 1 atom stereocenters. The number of hydrogen-bond donors (Lipinski definition) is 1. The summed E-state index contributed by atoms with van der Waals surface area (Å²) in [6.07, 6.45) is 3.47. The molecule has 4 nitrogen and oxygen atoms in total. The van der Waals surface area contributed by atoms with Crippen LogP contribution in [-0.2, 0) is 0 Å². The summed E-state index contributed by atoms with van der Waals surface area (Å²) in [7, 11) is 0. The molecular weight excluding hydrogens is 238 g/mol. The molecule has 2 rings (SSSR count). The van der Waals surface area contributed by atoms with Crippen LogP contribution in [0, 0.1) is 0 Å². The Hall–Kier alpha value is -1.94. The molecular formula is C15H19N3O. The topological polar surface area (TPSA) is 61.0 Å². The van der Waals surface area contributed by atoms with Gasteiger partial charge in [-0.2, -0.15) is 0 Å². The van der Waals surface area contributed by atoms with Gasteiger partial charge in [-0.25, -0.2) is 9.97 Å². The molecule has 0 bridgehead atoms. The van der Waals surface area contributed by atoms with E-state index in [0.717, 1.165) is 17.0 Å². The molecule has 1 heterocycles. The third-order valence-electron chi connectivity index (χ3n) is 2.85. The molecule has 0 aliphatic carbocycles. The van der Waals surface area contributed by atoms with Crippen molar-refractivity contribution in [2.24, 2.45) is 5.73 Å². The predicted octanol–water partition coefficient (Wildman–Crippen LogP) is 2.35. The molecule has 0 amide bonds. The summed E-state index contributed by atoms with van der Waals surface area (Å²) in [5.41, 5.74) is 7.94. The van der Waals surface area contributed by atoms with Crippen molar-refractivity contribution >= 4 is 0 Å². The van der Waals surface area contributed by atoms with Gasteiger partial charge < -0.3 is 10.5 Å². The van der Waals surface area contributed by atoms with Crippen molar-refractivity contribution in [2.45, 2.75) is 25.9 Å². The first-order valence-corrected chi connectivity index (χ1v) is 6.43. The van der Waals surface area contributed by atoms with Crippen molar-refractivity contribution in [1.29, 1.82) is 0 Å². The summed E-state index contributed by atoms with van der Waals surface area (Å²) >= 11 is 0. The van der Waals surface area contributed by atoms with E-state index in [1.165, 1.54) is 0 Å². The largest absolute Gasteiger partial charge is 0.491 e. The van der Waals surface area contributed by atoms with Crippen LogP contribution in [0.15, 0.2) is 42.9 Å². The first-order chi connectivity index (χ1) is 9.20. The molecule has 2 aromatic rings. The van der Waals surface area contributed by atoms with Gasteiger partial charge in [-0.15, -0.1) is 0 Å². The molecule has 0 saturated heterocycles. The van der Waals surface area contributed by atoms with Crippen molar-refractivity contribution in [1.82, 2.24) is 9.97 Å². The van der Waals surface area contributed by atoms with Crippen LogP contribution in [0.2, 0.25) is 0 Å². The highest BCUT2D eigenvalue weighted by molar-refractivity contribution is 5.33. The van der Waals surface area contributed by atoms with E-state index >= 15 is 0 Å². The van der Waals surface area contributed by atoms with Crippen molar-refractivity contribution in [3.63, 3.8) is 0 Å². The van der Waals surface area contributed by atoms with Gasteiger partial charge in [0.2, 0.25) is 0 Å². The lowest BCUT2D eigenvalue weighted by Crippen LogP contribution is -2.15. The quantitative estimate of drug-likeness (QED) is 0.893. The Balaban J connectivity index is 2.20. The fraction of sp³-hybridized carbons (Fsp3) is 0.333. The molecule has 19 heavy (non-hydrogen) atoms. The first kappa shape index (κ1) is 13.5. The van der Waals surface area contributed by atoms with Crippen LogP contribution in [0.1, 0.15) is 31.0 Å². The van der Waals surface area contributed by atoms with Gasteiger partial charge in [0.05, 0.1) is 11.8 Å². The Morgan fingerprint density at radius 1 is 1.16 bits per heavy atom. The van der Waals surface area contributed by atoms with Gasteiger partial charge in [0.1, 0.15) is 12.1 Å². The average Bonchev–Trinajstić information content (AvgIpc) is 2.42. The number of hydrogen-bond acceptors (Lipinski definition) is 4. The van der Waals surface area contributed by atoms with Gasteiger partial charge >= 0.3 is 0 Å². The smallest absolute Gasteiger partial charge is 0.119 e. The molecule has 4 heteroatoms. The van der Waals surface area contributed by atoms with Crippen LogP contribution in [-0.4, -0.2) is 22.6 Å². The fourth-order valence-electron chi connectivity index (χ4n) is 1.99. The number of benzene rings is 1. The number of rotatable bonds is 5. The van der Waals surface area contributed by atoms with E-state index < -0.39 is 0 Å². The lowest BCUT2D eigenvalue weighted by Gasteiger charge is -2.15. The molecule has 2 N–H and O–H groups in total.